The van der Waals surface area contributed by atoms with Crippen molar-refractivity contribution in [3.63, 3.8) is 0 Å². The fourth-order valence-corrected chi connectivity index (χ4v) is 1.55. The highest BCUT2D eigenvalue weighted by Gasteiger charge is 2.19. The van der Waals surface area contributed by atoms with Crippen molar-refractivity contribution < 1.29 is 22.7 Å². The number of halogens is 3. The summed E-state index contributed by atoms with van der Waals surface area (Å²) in [7, 11) is 1.32. The van der Waals surface area contributed by atoms with Gasteiger partial charge in [-0.05, 0) is 11.5 Å². The van der Waals surface area contributed by atoms with E-state index in [4.69, 9.17) is 0 Å². The number of amides is 1. The molecule has 0 atom stereocenters. The van der Waals surface area contributed by atoms with Crippen molar-refractivity contribution in [2.24, 2.45) is 5.41 Å². The summed E-state index contributed by atoms with van der Waals surface area (Å²) in [5.41, 5.74) is -0.414. The third kappa shape index (κ3) is 5.17. The molecule has 2 N–H and O–H groups in total. The second-order valence-electron chi connectivity index (χ2n) is 5.70. The topological polar surface area (TPSA) is 50.4 Å². The number of hydrogen-bond acceptors (Lipinski definition) is 3. The molecule has 1 aromatic rings. The Kier molecular flexibility index (Phi) is 5.46. The zero-order valence-corrected chi connectivity index (χ0v) is 12.4. The maximum atomic E-state index is 13.9. The molecular formula is C14H19F3N2O2. The number of rotatable bonds is 5. The van der Waals surface area contributed by atoms with Gasteiger partial charge in [-0.1, -0.05) is 20.8 Å². The van der Waals surface area contributed by atoms with Crippen molar-refractivity contribution in [3.8, 4) is 5.75 Å². The van der Waals surface area contributed by atoms with Gasteiger partial charge in [-0.15, -0.1) is 0 Å². The number of alkyl halides is 2. The van der Waals surface area contributed by atoms with Gasteiger partial charge in [-0.3, -0.25) is 4.79 Å². The van der Waals surface area contributed by atoms with Crippen molar-refractivity contribution in [3.05, 3.63) is 23.5 Å². The number of carbonyl (C=O) groups is 1. The van der Waals surface area contributed by atoms with Gasteiger partial charge in [-0.25, -0.2) is 4.39 Å². The predicted molar refractivity (Wildman–Crippen MR) is 74.4 cm³/mol. The average molecular weight is 304 g/mol. The fraction of sp³-hybridized carbons (Fsp3) is 0.500. The lowest BCUT2D eigenvalue weighted by Crippen LogP contribution is -2.22. The normalized spacial score (nSPS) is 11.4. The summed E-state index contributed by atoms with van der Waals surface area (Å²) in [6.07, 6.45) is 0. The van der Waals surface area contributed by atoms with E-state index in [2.05, 4.69) is 15.4 Å². The molecule has 0 heterocycles. The van der Waals surface area contributed by atoms with Crippen molar-refractivity contribution in [1.29, 1.82) is 0 Å². The Balaban J connectivity index is 3.16. The van der Waals surface area contributed by atoms with Gasteiger partial charge in [0.05, 0.1) is 11.3 Å². The zero-order chi connectivity index (χ0) is 16.2. The van der Waals surface area contributed by atoms with Crippen LogP contribution in [-0.2, 0) is 0 Å². The standard InChI is InChI=1S/C14H19F3N2O2/c1-14(2,3)7-19-10-6-9(15)8(12(20)18-4)5-11(10)21-13(16)17/h5-6,13,19H,7H2,1-4H3,(H,18,20). The van der Waals surface area contributed by atoms with E-state index < -0.39 is 18.3 Å². The Bertz CT molecular complexity index is 514. The Morgan fingerprint density at radius 2 is 1.95 bits per heavy atom. The molecule has 0 saturated carbocycles. The molecule has 0 spiro atoms. The third-order valence-corrected chi connectivity index (χ3v) is 2.57. The lowest BCUT2D eigenvalue weighted by molar-refractivity contribution is -0.0494. The number of carbonyl (C=O) groups excluding carboxylic acids is 1. The van der Waals surface area contributed by atoms with E-state index in [0.717, 1.165) is 12.1 Å². The molecule has 0 unspecified atom stereocenters. The van der Waals surface area contributed by atoms with Gasteiger partial charge in [0.15, 0.2) is 0 Å². The van der Waals surface area contributed by atoms with E-state index in [1.54, 1.807) is 0 Å². The Morgan fingerprint density at radius 1 is 1.33 bits per heavy atom. The van der Waals surface area contributed by atoms with Crippen molar-refractivity contribution in [2.45, 2.75) is 27.4 Å². The summed E-state index contributed by atoms with van der Waals surface area (Å²) in [6.45, 7) is 3.16. The van der Waals surface area contributed by atoms with Crippen LogP contribution in [-0.4, -0.2) is 26.1 Å². The van der Waals surface area contributed by atoms with E-state index >= 15 is 0 Å². The lowest BCUT2D eigenvalue weighted by Gasteiger charge is -2.21. The monoisotopic (exact) mass is 304 g/mol. The minimum atomic E-state index is -3.07. The summed E-state index contributed by atoms with van der Waals surface area (Å²) in [6, 6.07) is 1.94. The van der Waals surface area contributed by atoms with Gasteiger partial charge < -0.3 is 15.4 Å². The number of nitrogens with one attached hydrogen (secondary N) is 2. The molecule has 118 valence electrons. The summed E-state index contributed by atoms with van der Waals surface area (Å²) in [5, 5.41) is 5.09. The molecular weight excluding hydrogens is 285 g/mol. The quantitative estimate of drug-likeness (QED) is 0.878. The van der Waals surface area contributed by atoms with Crippen molar-refractivity contribution in [1.82, 2.24) is 5.32 Å². The Hall–Kier alpha value is -1.92. The zero-order valence-electron chi connectivity index (χ0n) is 12.4. The summed E-state index contributed by atoms with van der Waals surface area (Å²) < 4.78 is 43.1. The second-order valence-corrected chi connectivity index (χ2v) is 5.70. The lowest BCUT2D eigenvalue weighted by atomic mass is 9.97. The first-order chi connectivity index (χ1) is 9.64. The van der Waals surface area contributed by atoms with Crippen LogP contribution in [0.25, 0.3) is 0 Å². The van der Waals surface area contributed by atoms with Crippen LogP contribution in [0.2, 0.25) is 0 Å². The molecule has 0 aliphatic heterocycles. The van der Waals surface area contributed by atoms with E-state index in [0.29, 0.717) is 6.54 Å². The summed E-state index contributed by atoms with van der Waals surface area (Å²) in [4.78, 5) is 11.5. The van der Waals surface area contributed by atoms with Crippen LogP contribution in [0.1, 0.15) is 31.1 Å². The molecule has 1 rings (SSSR count). The molecule has 0 radical (unpaired) electrons. The molecule has 0 saturated heterocycles. The highest BCUT2D eigenvalue weighted by Crippen LogP contribution is 2.30. The van der Waals surface area contributed by atoms with Crippen molar-refractivity contribution >= 4 is 11.6 Å². The first kappa shape index (κ1) is 17.1. The van der Waals surface area contributed by atoms with E-state index in [1.165, 1.54) is 7.05 Å². The molecule has 0 fully saturated rings. The number of hydrogen-bond donors (Lipinski definition) is 2. The highest BCUT2D eigenvalue weighted by atomic mass is 19.3. The molecule has 0 aliphatic rings. The van der Waals surface area contributed by atoms with Crippen LogP contribution < -0.4 is 15.4 Å². The molecule has 4 nitrogen and oxygen atoms in total. The van der Waals surface area contributed by atoms with Gasteiger partial charge in [0.2, 0.25) is 0 Å². The Labute approximate surface area is 121 Å². The van der Waals surface area contributed by atoms with E-state index in [9.17, 15) is 18.0 Å². The molecule has 0 aliphatic carbocycles. The largest absolute Gasteiger partial charge is 0.433 e. The minimum absolute atomic E-state index is 0.0791. The van der Waals surface area contributed by atoms with Crippen LogP contribution in [0, 0.1) is 11.2 Å². The maximum absolute atomic E-state index is 13.9. The average Bonchev–Trinajstić information content (AvgIpc) is 2.36. The van der Waals surface area contributed by atoms with Crippen molar-refractivity contribution in [2.75, 3.05) is 18.9 Å². The van der Waals surface area contributed by atoms with E-state index in [1.807, 2.05) is 20.8 Å². The molecule has 7 heteroatoms. The van der Waals surface area contributed by atoms with Crippen LogP contribution in [0.3, 0.4) is 0 Å². The number of ether oxygens (including phenoxy) is 1. The molecule has 0 aromatic heterocycles. The minimum Gasteiger partial charge on any atom is -0.433 e. The molecule has 1 aromatic carbocycles. The molecule has 21 heavy (non-hydrogen) atoms. The van der Waals surface area contributed by atoms with Crippen LogP contribution in [0.5, 0.6) is 5.75 Å². The summed E-state index contributed by atoms with van der Waals surface area (Å²) in [5.74, 6) is -1.80. The predicted octanol–water partition coefficient (Wildman–Crippen LogP) is 3.24. The van der Waals surface area contributed by atoms with Gasteiger partial charge in [0.25, 0.3) is 5.91 Å². The van der Waals surface area contributed by atoms with E-state index in [-0.39, 0.29) is 22.4 Å². The second kappa shape index (κ2) is 6.69. The first-order valence-electron chi connectivity index (χ1n) is 6.38. The molecule has 1 amide bonds. The Morgan fingerprint density at radius 3 is 2.43 bits per heavy atom. The SMILES string of the molecule is CNC(=O)c1cc(OC(F)F)c(NCC(C)(C)C)cc1F. The summed E-state index contributed by atoms with van der Waals surface area (Å²) >= 11 is 0. The first-order valence-corrected chi connectivity index (χ1v) is 6.38. The third-order valence-electron chi connectivity index (χ3n) is 2.57. The fourth-order valence-electron chi connectivity index (χ4n) is 1.55. The molecule has 0 bridgehead atoms. The number of benzene rings is 1. The van der Waals surface area contributed by atoms with Crippen LogP contribution in [0.15, 0.2) is 12.1 Å². The van der Waals surface area contributed by atoms with Gasteiger partial charge in [0.1, 0.15) is 11.6 Å². The highest BCUT2D eigenvalue weighted by molar-refractivity contribution is 5.95. The van der Waals surface area contributed by atoms with Gasteiger partial charge in [-0.2, -0.15) is 8.78 Å². The van der Waals surface area contributed by atoms with Gasteiger partial charge in [0, 0.05) is 19.7 Å². The van der Waals surface area contributed by atoms with Crippen LogP contribution >= 0.6 is 0 Å². The number of anilines is 1. The smallest absolute Gasteiger partial charge is 0.387 e. The van der Waals surface area contributed by atoms with Crippen LogP contribution in [0.4, 0.5) is 18.9 Å². The van der Waals surface area contributed by atoms with Gasteiger partial charge >= 0.3 is 6.61 Å². The maximum Gasteiger partial charge on any atom is 0.387 e.